The summed E-state index contributed by atoms with van der Waals surface area (Å²) in [5, 5.41) is 8.59. The van der Waals surface area contributed by atoms with Gasteiger partial charge < -0.3 is 10.0 Å². The van der Waals surface area contributed by atoms with Gasteiger partial charge in [0.25, 0.3) is 5.91 Å². The number of thioether (sulfide) groups is 1. The Kier molecular flexibility index (Phi) is 6.34. The van der Waals surface area contributed by atoms with Gasteiger partial charge in [0.1, 0.15) is 6.61 Å². The van der Waals surface area contributed by atoms with Crippen molar-refractivity contribution in [2.45, 2.75) is 0 Å². The highest BCUT2D eigenvalue weighted by molar-refractivity contribution is 7.98. The van der Waals surface area contributed by atoms with E-state index in [-0.39, 0.29) is 12.5 Å². The van der Waals surface area contributed by atoms with Gasteiger partial charge in [-0.2, -0.15) is 11.8 Å². The topological polar surface area (TPSA) is 40.5 Å². The largest absolute Gasteiger partial charge is 0.384 e. The molecule has 0 saturated heterocycles. The van der Waals surface area contributed by atoms with Crippen LogP contribution in [0.15, 0.2) is 24.3 Å². The quantitative estimate of drug-likeness (QED) is 0.836. The molecule has 1 aromatic rings. The third-order valence-electron chi connectivity index (χ3n) is 2.42. The third-order valence-corrected chi connectivity index (χ3v) is 3.01. The van der Waals surface area contributed by atoms with E-state index in [4.69, 9.17) is 5.11 Å². The summed E-state index contributed by atoms with van der Waals surface area (Å²) in [5.41, 5.74) is 1.46. The zero-order valence-electron chi connectivity index (χ0n) is 10.6. The van der Waals surface area contributed by atoms with Gasteiger partial charge in [0.2, 0.25) is 0 Å². The molecule has 1 N–H and O–H groups in total. The van der Waals surface area contributed by atoms with Crippen molar-refractivity contribution in [1.29, 1.82) is 0 Å². The van der Waals surface area contributed by atoms with Gasteiger partial charge in [-0.3, -0.25) is 4.79 Å². The van der Waals surface area contributed by atoms with Crippen molar-refractivity contribution >= 4 is 17.7 Å². The monoisotopic (exact) mass is 263 g/mol. The number of hydrogen-bond donors (Lipinski definition) is 1. The number of carbonyl (C=O) groups excluding carboxylic acids is 1. The van der Waals surface area contributed by atoms with E-state index < -0.39 is 0 Å². The highest BCUT2D eigenvalue weighted by atomic mass is 32.2. The van der Waals surface area contributed by atoms with Crippen molar-refractivity contribution in [2.24, 2.45) is 0 Å². The lowest BCUT2D eigenvalue weighted by atomic mass is 10.1. The summed E-state index contributed by atoms with van der Waals surface area (Å²) >= 11 is 1.72. The van der Waals surface area contributed by atoms with Gasteiger partial charge in [-0.1, -0.05) is 11.8 Å². The standard InChI is InChI=1S/C14H17NO2S/c1-15(9-11-18-2)14(17)13-7-5-12(6-8-13)4-3-10-16/h5-8,16H,9-11H2,1-2H3. The lowest BCUT2D eigenvalue weighted by Crippen LogP contribution is -2.28. The Balaban J connectivity index is 2.69. The van der Waals surface area contributed by atoms with E-state index >= 15 is 0 Å². The van der Waals surface area contributed by atoms with Crippen LogP contribution >= 0.6 is 11.8 Å². The van der Waals surface area contributed by atoms with Crippen molar-refractivity contribution in [3.8, 4) is 11.8 Å². The van der Waals surface area contributed by atoms with Gasteiger partial charge in [0.05, 0.1) is 0 Å². The zero-order chi connectivity index (χ0) is 13.4. The summed E-state index contributed by atoms with van der Waals surface area (Å²) in [6, 6.07) is 7.11. The summed E-state index contributed by atoms with van der Waals surface area (Å²) in [6.07, 6.45) is 2.02. The number of aliphatic hydroxyl groups excluding tert-OH is 1. The van der Waals surface area contributed by atoms with Crippen LogP contribution in [0.5, 0.6) is 0 Å². The van der Waals surface area contributed by atoms with Crippen molar-refractivity contribution in [1.82, 2.24) is 4.90 Å². The highest BCUT2D eigenvalue weighted by Gasteiger charge is 2.10. The van der Waals surface area contributed by atoms with Gasteiger partial charge in [-0.05, 0) is 30.5 Å². The van der Waals surface area contributed by atoms with Gasteiger partial charge in [0.15, 0.2) is 0 Å². The van der Waals surface area contributed by atoms with Crippen LogP contribution in [0.25, 0.3) is 0 Å². The number of benzene rings is 1. The molecule has 0 spiro atoms. The van der Waals surface area contributed by atoms with Crippen molar-refractivity contribution in [3.63, 3.8) is 0 Å². The Labute approximate surface area is 112 Å². The first-order valence-corrected chi connectivity index (χ1v) is 7.02. The summed E-state index contributed by atoms with van der Waals surface area (Å²) in [5.74, 6) is 6.32. The lowest BCUT2D eigenvalue weighted by Gasteiger charge is -2.16. The smallest absolute Gasteiger partial charge is 0.253 e. The van der Waals surface area contributed by atoms with Crippen LogP contribution in [0, 0.1) is 11.8 Å². The molecule has 0 aliphatic carbocycles. The number of aliphatic hydroxyl groups is 1. The molecule has 0 aromatic heterocycles. The predicted molar refractivity (Wildman–Crippen MR) is 75.7 cm³/mol. The Morgan fingerprint density at radius 2 is 2.06 bits per heavy atom. The molecule has 0 aliphatic rings. The molecular weight excluding hydrogens is 246 g/mol. The predicted octanol–water partition coefficient (Wildman–Crippen LogP) is 1.47. The second-order valence-corrected chi connectivity index (χ2v) is 4.74. The maximum absolute atomic E-state index is 12.0. The third kappa shape index (κ3) is 4.44. The van der Waals surface area contributed by atoms with Crippen LogP contribution in [0.2, 0.25) is 0 Å². The zero-order valence-corrected chi connectivity index (χ0v) is 11.5. The molecule has 0 unspecified atom stereocenters. The molecule has 0 radical (unpaired) electrons. The van der Waals surface area contributed by atoms with E-state index in [2.05, 4.69) is 11.8 Å². The molecule has 3 nitrogen and oxygen atoms in total. The highest BCUT2D eigenvalue weighted by Crippen LogP contribution is 2.07. The molecule has 4 heteroatoms. The van der Waals surface area contributed by atoms with Crippen molar-refractivity contribution < 1.29 is 9.90 Å². The summed E-state index contributed by atoms with van der Waals surface area (Å²) in [4.78, 5) is 13.7. The molecule has 1 amide bonds. The van der Waals surface area contributed by atoms with Crippen LogP contribution in [-0.4, -0.2) is 48.1 Å². The van der Waals surface area contributed by atoms with Crippen LogP contribution in [0.4, 0.5) is 0 Å². The fourth-order valence-electron chi connectivity index (χ4n) is 1.39. The average molecular weight is 263 g/mol. The van der Waals surface area contributed by atoms with E-state index in [1.54, 1.807) is 48.0 Å². The number of carbonyl (C=O) groups is 1. The second-order valence-electron chi connectivity index (χ2n) is 3.76. The molecule has 0 fully saturated rings. The fraction of sp³-hybridized carbons (Fsp3) is 0.357. The first-order valence-electron chi connectivity index (χ1n) is 5.63. The molecule has 0 aliphatic heterocycles. The molecular formula is C14H17NO2S. The molecule has 1 rings (SSSR count). The van der Waals surface area contributed by atoms with E-state index in [9.17, 15) is 4.79 Å². The van der Waals surface area contributed by atoms with E-state index in [1.165, 1.54) is 0 Å². The first-order chi connectivity index (χ1) is 8.69. The van der Waals surface area contributed by atoms with Crippen LogP contribution in [0.3, 0.4) is 0 Å². The number of nitrogens with zero attached hydrogens (tertiary/aromatic N) is 1. The van der Waals surface area contributed by atoms with Gasteiger partial charge >= 0.3 is 0 Å². The summed E-state index contributed by atoms with van der Waals surface area (Å²) in [6.45, 7) is 0.587. The number of rotatable bonds is 4. The Morgan fingerprint density at radius 3 is 2.61 bits per heavy atom. The molecule has 1 aromatic carbocycles. The van der Waals surface area contributed by atoms with Crippen molar-refractivity contribution in [3.05, 3.63) is 35.4 Å². The molecule has 18 heavy (non-hydrogen) atoms. The van der Waals surface area contributed by atoms with Crippen LogP contribution in [0.1, 0.15) is 15.9 Å². The Hall–Kier alpha value is -1.44. The summed E-state index contributed by atoms with van der Waals surface area (Å²) < 4.78 is 0. The molecule has 0 bridgehead atoms. The Bertz CT molecular complexity index is 445. The lowest BCUT2D eigenvalue weighted by molar-refractivity contribution is 0.0804. The number of amides is 1. The van der Waals surface area contributed by atoms with Crippen molar-refractivity contribution in [2.75, 3.05) is 32.2 Å². The molecule has 0 atom stereocenters. The van der Waals surface area contributed by atoms with E-state index in [0.717, 1.165) is 17.9 Å². The normalized spacial score (nSPS) is 9.50. The van der Waals surface area contributed by atoms with Crippen LogP contribution in [-0.2, 0) is 0 Å². The fourth-order valence-corrected chi connectivity index (χ4v) is 1.84. The number of hydrogen-bond acceptors (Lipinski definition) is 3. The maximum Gasteiger partial charge on any atom is 0.253 e. The summed E-state index contributed by atoms with van der Waals surface area (Å²) in [7, 11) is 1.80. The second kappa shape index (κ2) is 7.80. The van der Waals surface area contributed by atoms with E-state index in [0.29, 0.717) is 5.56 Å². The molecule has 0 saturated carbocycles. The first kappa shape index (κ1) is 14.6. The average Bonchev–Trinajstić information content (AvgIpc) is 2.42. The maximum atomic E-state index is 12.0. The minimum Gasteiger partial charge on any atom is -0.384 e. The van der Waals surface area contributed by atoms with E-state index in [1.807, 2.05) is 6.26 Å². The van der Waals surface area contributed by atoms with Gasteiger partial charge in [-0.25, -0.2) is 0 Å². The molecule has 96 valence electrons. The minimum absolute atomic E-state index is 0.0192. The van der Waals surface area contributed by atoms with Crippen LogP contribution < -0.4 is 0 Å². The van der Waals surface area contributed by atoms with Gasteiger partial charge in [0, 0.05) is 30.5 Å². The molecule has 0 heterocycles. The SMILES string of the molecule is CSCCN(C)C(=O)c1ccc(C#CCO)cc1. The van der Waals surface area contributed by atoms with Gasteiger partial charge in [-0.15, -0.1) is 0 Å². The minimum atomic E-state index is -0.155. The Morgan fingerprint density at radius 1 is 1.39 bits per heavy atom.